The summed E-state index contributed by atoms with van der Waals surface area (Å²) < 4.78 is 0. The molecule has 2 aliphatic heterocycles. The van der Waals surface area contributed by atoms with Gasteiger partial charge in [-0.1, -0.05) is 12.8 Å². The maximum atomic E-state index is 11.6. The quantitative estimate of drug-likeness (QED) is 0.302. The molecule has 0 aromatic heterocycles. The molecule has 0 aromatic rings. The standard InChI is InChI=1S/C16H20N2O8.Na.H/c19-11-7-8-12(20)17(11)25-15(23)5-3-1-2-4-6-16(24)26-18-13(21)9-10-14(18)22;;/h1-10H2;;. The summed E-state index contributed by atoms with van der Waals surface area (Å²) in [5, 5.41) is 1.03. The van der Waals surface area contributed by atoms with Gasteiger partial charge in [0.05, 0.1) is 0 Å². The minimum atomic E-state index is -0.654. The van der Waals surface area contributed by atoms with Gasteiger partial charge in [0.1, 0.15) is 0 Å². The third kappa shape index (κ3) is 7.04. The number of nitrogens with zero attached hydrogens (tertiary/aromatic N) is 2. The van der Waals surface area contributed by atoms with E-state index in [1.807, 2.05) is 0 Å². The van der Waals surface area contributed by atoms with Crippen molar-refractivity contribution in [2.24, 2.45) is 0 Å². The van der Waals surface area contributed by atoms with Gasteiger partial charge in [-0.05, 0) is 12.8 Å². The number of hydrogen-bond donors (Lipinski definition) is 0. The Balaban J connectivity index is 0.00000364. The third-order valence-electron chi connectivity index (χ3n) is 3.91. The van der Waals surface area contributed by atoms with Gasteiger partial charge >= 0.3 is 41.5 Å². The van der Waals surface area contributed by atoms with E-state index in [1.54, 1.807) is 0 Å². The van der Waals surface area contributed by atoms with Crippen LogP contribution in [0.4, 0.5) is 0 Å². The first kappa shape index (κ1) is 23.3. The Bertz CT molecular complexity index is 550. The monoisotopic (exact) mass is 392 g/mol. The molecule has 0 N–H and O–H groups in total. The molecule has 0 aliphatic carbocycles. The first-order chi connectivity index (χ1) is 12.4. The van der Waals surface area contributed by atoms with Crippen LogP contribution in [0.3, 0.4) is 0 Å². The van der Waals surface area contributed by atoms with Gasteiger partial charge in [0.2, 0.25) is 0 Å². The van der Waals surface area contributed by atoms with Crippen molar-refractivity contribution in [1.82, 2.24) is 10.1 Å². The first-order valence-corrected chi connectivity index (χ1v) is 8.51. The Labute approximate surface area is 177 Å². The summed E-state index contributed by atoms with van der Waals surface area (Å²) in [5.74, 6) is -3.37. The van der Waals surface area contributed by atoms with Crippen molar-refractivity contribution >= 4 is 65.1 Å². The SMILES string of the molecule is O=C(CCCCCCC(=O)ON1C(=O)CCC1=O)ON1C(=O)CCC1=O.[NaH]. The molecular formula is C16H21N2NaO8. The van der Waals surface area contributed by atoms with Gasteiger partial charge in [-0.15, -0.1) is 10.1 Å². The molecule has 2 aliphatic rings. The minimum absolute atomic E-state index is 0. The number of imide groups is 2. The summed E-state index contributed by atoms with van der Waals surface area (Å²) in [6.07, 6.45) is 2.54. The van der Waals surface area contributed by atoms with E-state index >= 15 is 0 Å². The Morgan fingerprint density at radius 1 is 0.630 bits per heavy atom. The molecule has 11 heteroatoms. The van der Waals surface area contributed by atoms with Gasteiger partial charge in [0.15, 0.2) is 0 Å². The number of amides is 4. The average Bonchev–Trinajstić information content (AvgIpc) is 3.08. The predicted octanol–water partition coefficient (Wildman–Crippen LogP) is -0.107. The van der Waals surface area contributed by atoms with Gasteiger partial charge in [0, 0.05) is 38.5 Å². The van der Waals surface area contributed by atoms with E-state index in [0.29, 0.717) is 35.8 Å². The van der Waals surface area contributed by atoms with Crippen LogP contribution in [0.5, 0.6) is 0 Å². The van der Waals surface area contributed by atoms with Crippen LogP contribution in [0, 0.1) is 0 Å². The fourth-order valence-corrected chi connectivity index (χ4v) is 2.50. The van der Waals surface area contributed by atoms with Crippen molar-refractivity contribution in [2.75, 3.05) is 0 Å². The van der Waals surface area contributed by atoms with Crippen LogP contribution < -0.4 is 0 Å². The van der Waals surface area contributed by atoms with Crippen LogP contribution in [0.15, 0.2) is 0 Å². The Morgan fingerprint density at radius 3 is 1.22 bits per heavy atom. The molecule has 0 aromatic carbocycles. The normalized spacial score (nSPS) is 16.6. The van der Waals surface area contributed by atoms with Crippen LogP contribution in [-0.2, 0) is 38.4 Å². The molecule has 10 nitrogen and oxygen atoms in total. The zero-order valence-corrected chi connectivity index (χ0v) is 14.2. The van der Waals surface area contributed by atoms with E-state index < -0.39 is 35.6 Å². The van der Waals surface area contributed by atoms with Gasteiger partial charge < -0.3 is 9.68 Å². The summed E-state index contributed by atoms with van der Waals surface area (Å²) in [6, 6.07) is 0. The number of hydrogen-bond acceptors (Lipinski definition) is 8. The molecule has 0 spiro atoms. The molecule has 4 amide bonds. The third-order valence-corrected chi connectivity index (χ3v) is 3.91. The molecule has 27 heavy (non-hydrogen) atoms. The van der Waals surface area contributed by atoms with Crippen molar-refractivity contribution in [3.05, 3.63) is 0 Å². The van der Waals surface area contributed by atoms with E-state index in [4.69, 9.17) is 9.68 Å². The Hall–Kier alpha value is -1.78. The summed E-state index contributed by atoms with van der Waals surface area (Å²) in [4.78, 5) is 77.8. The van der Waals surface area contributed by atoms with Gasteiger partial charge in [-0.2, -0.15) is 0 Å². The van der Waals surface area contributed by atoms with Gasteiger partial charge in [0.25, 0.3) is 23.6 Å². The molecule has 0 saturated carbocycles. The van der Waals surface area contributed by atoms with Gasteiger partial charge in [-0.25, -0.2) is 9.59 Å². The molecule has 2 heterocycles. The molecule has 2 rings (SSSR count). The number of rotatable bonds is 9. The second kappa shape index (κ2) is 11.2. The summed E-state index contributed by atoms with van der Waals surface area (Å²) >= 11 is 0. The van der Waals surface area contributed by atoms with Crippen molar-refractivity contribution in [2.45, 2.75) is 64.2 Å². The van der Waals surface area contributed by atoms with E-state index in [2.05, 4.69) is 0 Å². The fraction of sp³-hybridized carbons (Fsp3) is 0.625. The molecule has 2 saturated heterocycles. The van der Waals surface area contributed by atoms with E-state index in [-0.39, 0.29) is 68.1 Å². The Kier molecular flexibility index (Phi) is 9.61. The molecule has 2 fully saturated rings. The van der Waals surface area contributed by atoms with E-state index in [9.17, 15) is 28.8 Å². The van der Waals surface area contributed by atoms with Crippen molar-refractivity contribution in [3.8, 4) is 0 Å². The van der Waals surface area contributed by atoms with Crippen molar-refractivity contribution < 1.29 is 38.4 Å². The van der Waals surface area contributed by atoms with Crippen LogP contribution >= 0.6 is 0 Å². The topological polar surface area (TPSA) is 127 Å². The molecular weight excluding hydrogens is 371 g/mol. The molecule has 144 valence electrons. The van der Waals surface area contributed by atoms with Crippen molar-refractivity contribution in [1.29, 1.82) is 0 Å². The fourth-order valence-electron chi connectivity index (χ4n) is 2.50. The summed E-state index contributed by atoms with van der Waals surface area (Å²) in [5.41, 5.74) is 0. The molecule has 0 radical (unpaired) electrons. The van der Waals surface area contributed by atoms with Gasteiger partial charge in [-0.3, -0.25) is 19.2 Å². The second-order valence-corrected chi connectivity index (χ2v) is 6.00. The number of carbonyl (C=O) groups is 6. The van der Waals surface area contributed by atoms with Crippen molar-refractivity contribution in [3.63, 3.8) is 0 Å². The van der Waals surface area contributed by atoms with Crippen LogP contribution in [0.1, 0.15) is 64.2 Å². The molecule has 0 bridgehead atoms. The molecule has 0 unspecified atom stereocenters. The summed E-state index contributed by atoms with van der Waals surface area (Å²) in [7, 11) is 0. The summed E-state index contributed by atoms with van der Waals surface area (Å²) in [6.45, 7) is 0. The molecule has 0 atom stereocenters. The Morgan fingerprint density at radius 2 is 0.926 bits per heavy atom. The van der Waals surface area contributed by atoms with Crippen LogP contribution in [0.2, 0.25) is 0 Å². The zero-order valence-electron chi connectivity index (χ0n) is 14.2. The number of unbranched alkanes of at least 4 members (excludes halogenated alkanes) is 3. The van der Waals surface area contributed by atoms with E-state index in [0.717, 1.165) is 0 Å². The van der Waals surface area contributed by atoms with Crippen LogP contribution in [0.25, 0.3) is 0 Å². The average molecular weight is 392 g/mol. The first-order valence-electron chi connectivity index (χ1n) is 8.51. The number of carbonyl (C=O) groups excluding carboxylic acids is 6. The predicted molar refractivity (Wildman–Crippen MR) is 89.2 cm³/mol. The zero-order chi connectivity index (χ0) is 19.1. The second-order valence-electron chi connectivity index (χ2n) is 6.00. The van der Waals surface area contributed by atoms with Crippen LogP contribution in [-0.4, -0.2) is 75.3 Å². The van der Waals surface area contributed by atoms with E-state index in [1.165, 1.54) is 0 Å². The maximum absolute atomic E-state index is 11.6. The number of hydroxylamine groups is 4.